The van der Waals surface area contributed by atoms with Crippen LogP contribution in [0.5, 0.6) is 0 Å². The standard InChI is InChI=1S/C12H19N3O2/c1-3-15(11(8-13)12(16)17-2)9-10-4-6-14-7-5-10/h4-7,11H,3,8-9,13H2,1-2H3. The number of hydrogen-bond acceptors (Lipinski definition) is 5. The summed E-state index contributed by atoms with van der Waals surface area (Å²) in [6.45, 7) is 3.65. The maximum absolute atomic E-state index is 11.6. The van der Waals surface area contributed by atoms with Gasteiger partial charge in [0.15, 0.2) is 0 Å². The fourth-order valence-corrected chi connectivity index (χ4v) is 1.70. The van der Waals surface area contributed by atoms with Gasteiger partial charge >= 0.3 is 5.97 Å². The quantitative estimate of drug-likeness (QED) is 0.725. The summed E-state index contributed by atoms with van der Waals surface area (Å²) >= 11 is 0. The first-order valence-corrected chi connectivity index (χ1v) is 5.63. The fraction of sp³-hybridized carbons (Fsp3) is 0.500. The lowest BCUT2D eigenvalue weighted by Crippen LogP contribution is -2.46. The Morgan fingerprint density at radius 3 is 2.65 bits per heavy atom. The molecular formula is C12H19N3O2. The maximum atomic E-state index is 11.6. The van der Waals surface area contributed by atoms with Crippen molar-refractivity contribution in [3.05, 3.63) is 30.1 Å². The summed E-state index contributed by atoms with van der Waals surface area (Å²) in [7, 11) is 1.38. The number of esters is 1. The molecule has 5 nitrogen and oxygen atoms in total. The SMILES string of the molecule is CCN(Cc1ccncc1)C(CN)C(=O)OC. The molecule has 1 unspecified atom stereocenters. The molecule has 0 aliphatic heterocycles. The number of methoxy groups -OCH3 is 1. The van der Waals surface area contributed by atoms with Gasteiger partial charge < -0.3 is 10.5 Å². The predicted molar refractivity (Wildman–Crippen MR) is 65.2 cm³/mol. The summed E-state index contributed by atoms with van der Waals surface area (Å²) < 4.78 is 4.75. The van der Waals surface area contributed by atoms with Crippen molar-refractivity contribution >= 4 is 5.97 Å². The van der Waals surface area contributed by atoms with E-state index in [0.29, 0.717) is 6.54 Å². The summed E-state index contributed by atoms with van der Waals surface area (Å²) in [6.07, 6.45) is 3.47. The number of rotatable bonds is 6. The molecule has 0 bridgehead atoms. The third-order valence-corrected chi connectivity index (χ3v) is 2.68. The van der Waals surface area contributed by atoms with Gasteiger partial charge in [0, 0.05) is 25.5 Å². The summed E-state index contributed by atoms with van der Waals surface area (Å²) in [6, 6.07) is 3.46. The molecule has 1 aromatic heterocycles. The van der Waals surface area contributed by atoms with Gasteiger partial charge in [-0.2, -0.15) is 0 Å². The average molecular weight is 237 g/mol. The van der Waals surface area contributed by atoms with Crippen LogP contribution in [0.4, 0.5) is 0 Å². The van der Waals surface area contributed by atoms with Crippen LogP contribution < -0.4 is 5.73 Å². The number of carbonyl (C=O) groups excluding carboxylic acids is 1. The van der Waals surface area contributed by atoms with Gasteiger partial charge in [0.05, 0.1) is 7.11 Å². The molecule has 94 valence electrons. The van der Waals surface area contributed by atoms with Crippen molar-refractivity contribution in [1.82, 2.24) is 9.88 Å². The van der Waals surface area contributed by atoms with E-state index in [1.165, 1.54) is 7.11 Å². The van der Waals surface area contributed by atoms with Crippen molar-refractivity contribution in [3.8, 4) is 0 Å². The van der Waals surface area contributed by atoms with Crippen LogP contribution in [0.15, 0.2) is 24.5 Å². The molecule has 0 aliphatic carbocycles. The zero-order valence-corrected chi connectivity index (χ0v) is 10.3. The van der Waals surface area contributed by atoms with Gasteiger partial charge in [0.2, 0.25) is 0 Å². The van der Waals surface area contributed by atoms with Gasteiger partial charge in [-0.1, -0.05) is 6.92 Å². The number of hydrogen-bond donors (Lipinski definition) is 1. The van der Waals surface area contributed by atoms with Gasteiger partial charge in [0.25, 0.3) is 0 Å². The van der Waals surface area contributed by atoms with Crippen LogP contribution in [0, 0.1) is 0 Å². The van der Waals surface area contributed by atoms with Gasteiger partial charge in [0.1, 0.15) is 6.04 Å². The van der Waals surface area contributed by atoms with E-state index < -0.39 is 6.04 Å². The molecule has 1 rings (SSSR count). The highest BCUT2D eigenvalue weighted by Crippen LogP contribution is 2.08. The Kier molecular flexibility index (Phi) is 5.59. The summed E-state index contributed by atoms with van der Waals surface area (Å²) in [4.78, 5) is 17.5. The molecule has 0 aliphatic rings. The molecule has 1 heterocycles. The van der Waals surface area contributed by atoms with Crippen molar-refractivity contribution in [1.29, 1.82) is 0 Å². The maximum Gasteiger partial charge on any atom is 0.324 e. The van der Waals surface area contributed by atoms with E-state index in [9.17, 15) is 4.79 Å². The summed E-state index contributed by atoms with van der Waals surface area (Å²) in [5, 5.41) is 0. The number of ether oxygens (including phenoxy) is 1. The highest BCUT2D eigenvalue weighted by atomic mass is 16.5. The fourth-order valence-electron chi connectivity index (χ4n) is 1.70. The van der Waals surface area contributed by atoms with Crippen LogP contribution in [0.2, 0.25) is 0 Å². The van der Waals surface area contributed by atoms with E-state index in [-0.39, 0.29) is 12.5 Å². The number of pyridine rings is 1. The highest BCUT2D eigenvalue weighted by molar-refractivity contribution is 5.75. The van der Waals surface area contributed by atoms with E-state index >= 15 is 0 Å². The average Bonchev–Trinajstić information content (AvgIpc) is 2.39. The smallest absolute Gasteiger partial charge is 0.324 e. The van der Waals surface area contributed by atoms with Crippen molar-refractivity contribution < 1.29 is 9.53 Å². The Bertz CT molecular complexity index is 343. The van der Waals surface area contributed by atoms with Crippen LogP contribution in [-0.2, 0) is 16.1 Å². The van der Waals surface area contributed by atoms with E-state index in [4.69, 9.17) is 10.5 Å². The van der Waals surface area contributed by atoms with E-state index in [1.54, 1.807) is 12.4 Å². The highest BCUT2D eigenvalue weighted by Gasteiger charge is 2.24. The minimum absolute atomic E-state index is 0.256. The normalized spacial score (nSPS) is 12.5. The zero-order chi connectivity index (χ0) is 12.7. The molecular weight excluding hydrogens is 218 g/mol. The molecule has 2 N–H and O–H groups in total. The lowest BCUT2D eigenvalue weighted by atomic mass is 10.2. The first-order valence-electron chi connectivity index (χ1n) is 5.63. The Hall–Kier alpha value is -1.46. The van der Waals surface area contributed by atoms with E-state index in [1.807, 2.05) is 24.0 Å². The van der Waals surface area contributed by atoms with Crippen LogP contribution in [0.25, 0.3) is 0 Å². The first-order chi connectivity index (χ1) is 8.22. The minimum atomic E-state index is -0.391. The summed E-state index contributed by atoms with van der Waals surface area (Å²) in [5.41, 5.74) is 6.73. The van der Waals surface area contributed by atoms with Crippen LogP contribution >= 0.6 is 0 Å². The van der Waals surface area contributed by atoms with E-state index in [0.717, 1.165) is 12.1 Å². The third-order valence-electron chi connectivity index (χ3n) is 2.68. The number of nitrogens with two attached hydrogens (primary N) is 1. The number of nitrogens with zero attached hydrogens (tertiary/aromatic N) is 2. The molecule has 1 aromatic rings. The molecule has 0 saturated heterocycles. The minimum Gasteiger partial charge on any atom is -0.468 e. The number of aromatic nitrogens is 1. The number of likely N-dealkylation sites (N-methyl/N-ethyl adjacent to an activating group) is 1. The molecule has 1 atom stereocenters. The van der Waals surface area contributed by atoms with Crippen LogP contribution in [0.3, 0.4) is 0 Å². The largest absolute Gasteiger partial charge is 0.468 e. The van der Waals surface area contributed by atoms with Crippen molar-refractivity contribution in [2.45, 2.75) is 19.5 Å². The van der Waals surface area contributed by atoms with Crippen LogP contribution in [0.1, 0.15) is 12.5 Å². The predicted octanol–water partition coefficient (Wildman–Crippen LogP) is 0.404. The Labute approximate surface area is 102 Å². The van der Waals surface area contributed by atoms with Gasteiger partial charge in [-0.3, -0.25) is 14.7 Å². The second-order valence-electron chi connectivity index (χ2n) is 3.69. The lowest BCUT2D eigenvalue weighted by Gasteiger charge is -2.27. The van der Waals surface area contributed by atoms with Crippen molar-refractivity contribution in [2.75, 3.05) is 20.2 Å². The third kappa shape index (κ3) is 3.80. The first kappa shape index (κ1) is 13.6. The number of carbonyl (C=O) groups is 1. The van der Waals surface area contributed by atoms with Crippen molar-refractivity contribution in [3.63, 3.8) is 0 Å². The van der Waals surface area contributed by atoms with Crippen LogP contribution in [-0.4, -0.2) is 42.1 Å². The lowest BCUT2D eigenvalue weighted by molar-refractivity contribution is -0.146. The second-order valence-corrected chi connectivity index (χ2v) is 3.69. The molecule has 0 radical (unpaired) electrons. The molecule has 17 heavy (non-hydrogen) atoms. The summed E-state index contributed by atoms with van der Waals surface area (Å²) in [5.74, 6) is -0.289. The van der Waals surface area contributed by atoms with Gasteiger partial charge in [-0.25, -0.2) is 0 Å². The molecule has 5 heteroatoms. The van der Waals surface area contributed by atoms with Crippen molar-refractivity contribution in [2.24, 2.45) is 5.73 Å². The monoisotopic (exact) mass is 237 g/mol. The Morgan fingerprint density at radius 1 is 1.53 bits per heavy atom. The zero-order valence-electron chi connectivity index (χ0n) is 10.3. The molecule has 0 saturated carbocycles. The molecule has 0 spiro atoms. The Morgan fingerprint density at radius 2 is 2.18 bits per heavy atom. The second kappa shape index (κ2) is 6.98. The molecule has 0 aromatic carbocycles. The topological polar surface area (TPSA) is 68.5 Å². The molecule has 0 amide bonds. The van der Waals surface area contributed by atoms with Gasteiger partial charge in [-0.15, -0.1) is 0 Å². The Balaban J connectivity index is 2.73. The molecule has 0 fully saturated rings. The van der Waals surface area contributed by atoms with Gasteiger partial charge in [-0.05, 0) is 24.2 Å². The van der Waals surface area contributed by atoms with E-state index in [2.05, 4.69) is 4.98 Å².